The molecule has 116 valence electrons. The molecule has 0 saturated carbocycles. The quantitative estimate of drug-likeness (QED) is 0.905. The highest BCUT2D eigenvalue weighted by Gasteiger charge is 2.25. The van der Waals surface area contributed by atoms with Crippen LogP contribution in [0.3, 0.4) is 0 Å². The van der Waals surface area contributed by atoms with E-state index >= 15 is 0 Å². The van der Waals surface area contributed by atoms with Crippen LogP contribution in [0.25, 0.3) is 0 Å². The zero-order valence-corrected chi connectivity index (χ0v) is 13.0. The number of hydrogen-bond donors (Lipinski definition) is 2. The summed E-state index contributed by atoms with van der Waals surface area (Å²) in [4.78, 5) is 0. The lowest BCUT2D eigenvalue weighted by molar-refractivity contribution is -0.698. The van der Waals surface area contributed by atoms with Crippen LogP contribution in [0.4, 0.5) is 0 Å². The van der Waals surface area contributed by atoms with Gasteiger partial charge in [0, 0.05) is 18.4 Å². The minimum atomic E-state index is 0.228. The fraction of sp³-hybridized carbons (Fsp3) is 0.333. The fourth-order valence-corrected chi connectivity index (χ4v) is 3.13. The smallest absolute Gasteiger partial charge is 0.161 e. The highest BCUT2D eigenvalue weighted by atomic mass is 16.5. The number of aromatic hydroxyl groups is 1. The van der Waals surface area contributed by atoms with Gasteiger partial charge in [-0.05, 0) is 35.4 Å². The van der Waals surface area contributed by atoms with Crippen LogP contribution in [-0.4, -0.2) is 25.9 Å². The summed E-state index contributed by atoms with van der Waals surface area (Å²) in [5.74, 6) is 1.66. The number of fused-ring (bicyclic) bond motifs is 1. The average Bonchev–Trinajstić information content (AvgIpc) is 2.55. The maximum atomic E-state index is 9.95. The van der Waals surface area contributed by atoms with Crippen molar-refractivity contribution in [3.8, 4) is 17.2 Å². The summed E-state index contributed by atoms with van der Waals surface area (Å²) in [6.07, 6.45) is 1.93. The summed E-state index contributed by atoms with van der Waals surface area (Å²) >= 11 is 0. The van der Waals surface area contributed by atoms with E-state index in [9.17, 15) is 5.11 Å². The number of phenols is 1. The first-order valence-corrected chi connectivity index (χ1v) is 7.57. The summed E-state index contributed by atoms with van der Waals surface area (Å²) in [6.45, 7) is 1.04. The molecule has 0 aliphatic carbocycles. The molecule has 1 atom stereocenters. The van der Waals surface area contributed by atoms with Gasteiger partial charge in [-0.2, -0.15) is 0 Å². The lowest BCUT2D eigenvalue weighted by atomic mass is 9.90. The number of nitrogens with two attached hydrogens (primary N) is 1. The fourth-order valence-electron chi connectivity index (χ4n) is 3.13. The molecule has 0 bridgehead atoms. The SMILES string of the molecule is COc1ccc(C[C@H]2[NH2+]CCc3cc(O)c(OC)cc32)cc1. The van der Waals surface area contributed by atoms with Gasteiger partial charge in [-0.25, -0.2) is 0 Å². The van der Waals surface area contributed by atoms with Crippen LogP contribution in [0.2, 0.25) is 0 Å². The van der Waals surface area contributed by atoms with Gasteiger partial charge >= 0.3 is 0 Å². The van der Waals surface area contributed by atoms with E-state index in [0.717, 1.165) is 25.1 Å². The molecule has 1 aliphatic heterocycles. The lowest BCUT2D eigenvalue weighted by Crippen LogP contribution is -2.87. The van der Waals surface area contributed by atoms with Gasteiger partial charge in [-0.15, -0.1) is 0 Å². The molecule has 0 amide bonds. The second kappa shape index (κ2) is 6.28. The van der Waals surface area contributed by atoms with E-state index in [4.69, 9.17) is 9.47 Å². The summed E-state index contributed by atoms with van der Waals surface area (Å²) in [5.41, 5.74) is 3.76. The Kier molecular flexibility index (Phi) is 4.20. The van der Waals surface area contributed by atoms with E-state index in [1.807, 2.05) is 24.3 Å². The van der Waals surface area contributed by atoms with Gasteiger partial charge in [0.2, 0.25) is 0 Å². The highest BCUT2D eigenvalue weighted by molar-refractivity contribution is 5.48. The Morgan fingerprint density at radius 2 is 1.91 bits per heavy atom. The van der Waals surface area contributed by atoms with Crippen molar-refractivity contribution in [2.45, 2.75) is 18.9 Å². The predicted octanol–water partition coefficient (Wildman–Crippen LogP) is 1.81. The third-order valence-electron chi connectivity index (χ3n) is 4.32. The maximum Gasteiger partial charge on any atom is 0.161 e. The lowest BCUT2D eigenvalue weighted by Gasteiger charge is -2.25. The number of methoxy groups -OCH3 is 2. The average molecular weight is 300 g/mol. The van der Waals surface area contributed by atoms with Crippen LogP contribution in [0.5, 0.6) is 17.2 Å². The number of quaternary nitrogens is 1. The Hall–Kier alpha value is -2.20. The minimum absolute atomic E-state index is 0.228. The summed E-state index contributed by atoms with van der Waals surface area (Å²) in [6, 6.07) is 12.4. The van der Waals surface area contributed by atoms with Crippen molar-refractivity contribution in [3.63, 3.8) is 0 Å². The van der Waals surface area contributed by atoms with E-state index < -0.39 is 0 Å². The van der Waals surface area contributed by atoms with E-state index in [1.165, 1.54) is 16.7 Å². The van der Waals surface area contributed by atoms with Crippen LogP contribution >= 0.6 is 0 Å². The Morgan fingerprint density at radius 1 is 1.14 bits per heavy atom. The standard InChI is InChI=1S/C18H21NO3/c1-21-14-5-3-12(4-6-14)9-16-15-11-18(22-2)17(20)10-13(15)7-8-19-16/h3-6,10-11,16,19-20H,7-9H2,1-2H3/p+1/t16-/m1/s1. The second-order valence-corrected chi connectivity index (χ2v) is 5.66. The van der Waals surface area contributed by atoms with Crippen LogP contribution < -0.4 is 14.8 Å². The molecule has 3 rings (SSSR count). The highest BCUT2D eigenvalue weighted by Crippen LogP contribution is 2.33. The summed E-state index contributed by atoms with van der Waals surface area (Å²) in [5, 5.41) is 12.3. The van der Waals surface area contributed by atoms with Crippen LogP contribution in [0, 0.1) is 0 Å². The Balaban J connectivity index is 1.87. The number of benzene rings is 2. The normalized spacial score (nSPS) is 16.9. The topological polar surface area (TPSA) is 55.3 Å². The molecule has 0 unspecified atom stereocenters. The zero-order valence-electron chi connectivity index (χ0n) is 13.0. The van der Waals surface area contributed by atoms with Crippen molar-refractivity contribution in [3.05, 3.63) is 53.1 Å². The van der Waals surface area contributed by atoms with Crippen molar-refractivity contribution in [2.24, 2.45) is 0 Å². The molecule has 1 aliphatic rings. The van der Waals surface area contributed by atoms with E-state index in [2.05, 4.69) is 17.4 Å². The van der Waals surface area contributed by atoms with Gasteiger partial charge in [-0.1, -0.05) is 12.1 Å². The number of ether oxygens (including phenoxy) is 2. The molecule has 1 heterocycles. The Labute approximate surface area is 130 Å². The van der Waals surface area contributed by atoms with Crippen LogP contribution in [0.1, 0.15) is 22.7 Å². The van der Waals surface area contributed by atoms with Gasteiger partial charge in [0.15, 0.2) is 11.5 Å². The molecular weight excluding hydrogens is 278 g/mol. The number of phenolic OH excluding ortho intramolecular Hbond substituents is 1. The molecule has 4 nitrogen and oxygen atoms in total. The largest absolute Gasteiger partial charge is 0.504 e. The van der Waals surface area contributed by atoms with Crippen molar-refractivity contribution >= 4 is 0 Å². The minimum Gasteiger partial charge on any atom is -0.504 e. The van der Waals surface area contributed by atoms with E-state index in [1.54, 1.807) is 14.2 Å². The molecule has 0 spiro atoms. The summed E-state index contributed by atoms with van der Waals surface area (Å²) in [7, 11) is 3.27. The summed E-state index contributed by atoms with van der Waals surface area (Å²) < 4.78 is 10.5. The van der Waals surface area contributed by atoms with Crippen LogP contribution in [0.15, 0.2) is 36.4 Å². The van der Waals surface area contributed by atoms with Crippen molar-refractivity contribution < 1.29 is 19.9 Å². The molecule has 2 aromatic rings. The van der Waals surface area contributed by atoms with Crippen molar-refractivity contribution in [1.82, 2.24) is 0 Å². The molecule has 0 aromatic heterocycles. The van der Waals surface area contributed by atoms with Gasteiger partial charge in [-0.3, -0.25) is 0 Å². The van der Waals surface area contributed by atoms with Crippen molar-refractivity contribution in [1.29, 1.82) is 0 Å². The van der Waals surface area contributed by atoms with E-state index in [0.29, 0.717) is 11.8 Å². The zero-order chi connectivity index (χ0) is 15.5. The molecule has 3 N–H and O–H groups in total. The van der Waals surface area contributed by atoms with Gasteiger partial charge < -0.3 is 19.9 Å². The Morgan fingerprint density at radius 3 is 2.59 bits per heavy atom. The Bertz CT molecular complexity index is 652. The molecule has 4 heteroatoms. The first-order valence-electron chi connectivity index (χ1n) is 7.57. The molecule has 22 heavy (non-hydrogen) atoms. The molecule has 2 aromatic carbocycles. The second-order valence-electron chi connectivity index (χ2n) is 5.66. The van der Waals surface area contributed by atoms with E-state index in [-0.39, 0.29) is 5.75 Å². The molecule has 0 saturated heterocycles. The van der Waals surface area contributed by atoms with Gasteiger partial charge in [0.25, 0.3) is 0 Å². The van der Waals surface area contributed by atoms with Gasteiger partial charge in [0.1, 0.15) is 11.8 Å². The third kappa shape index (κ3) is 2.88. The molecule has 0 radical (unpaired) electrons. The monoisotopic (exact) mass is 300 g/mol. The van der Waals surface area contributed by atoms with Crippen molar-refractivity contribution in [2.75, 3.05) is 20.8 Å². The third-order valence-corrected chi connectivity index (χ3v) is 4.32. The van der Waals surface area contributed by atoms with Gasteiger partial charge in [0.05, 0.1) is 20.8 Å². The predicted molar refractivity (Wildman–Crippen MR) is 84.6 cm³/mol. The molecular formula is C18H22NO3+. The maximum absolute atomic E-state index is 9.95. The molecule has 0 fully saturated rings. The number of hydrogen-bond acceptors (Lipinski definition) is 3. The first kappa shape index (κ1) is 14.7. The van der Waals surface area contributed by atoms with Crippen LogP contribution in [-0.2, 0) is 12.8 Å². The first-order chi connectivity index (χ1) is 10.7. The number of rotatable bonds is 4.